The number of rotatable bonds is 12. The molecule has 0 aromatic heterocycles. The van der Waals surface area contributed by atoms with Gasteiger partial charge in [0, 0.05) is 12.8 Å². The van der Waals surface area contributed by atoms with Crippen molar-refractivity contribution in [2.24, 2.45) is 0 Å². The molecule has 8 heteroatoms. The second-order valence-electron chi connectivity index (χ2n) is 7.89. The zero-order chi connectivity index (χ0) is 24.1. The topological polar surface area (TPSA) is 93.7 Å². The van der Waals surface area contributed by atoms with E-state index in [2.05, 4.69) is 40.6 Å². The number of halogens is 1. The number of ether oxygens (including phenoxy) is 2. The maximum atomic E-state index is 11.9. The van der Waals surface area contributed by atoms with Crippen molar-refractivity contribution in [2.45, 2.75) is 51.9 Å². The van der Waals surface area contributed by atoms with Gasteiger partial charge < -0.3 is 9.47 Å². The Bertz CT molecular complexity index is 918. The molecule has 2 amide bonds. The largest absolute Gasteiger partial charge is 0.483 e. The Kier molecular flexibility index (Phi) is 11.4. The molecule has 0 aliphatic rings. The highest BCUT2D eigenvalue weighted by Crippen LogP contribution is 2.28. The van der Waals surface area contributed by atoms with E-state index >= 15 is 0 Å². The van der Waals surface area contributed by atoms with Crippen molar-refractivity contribution in [1.29, 1.82) is 0 Å². The molecule has 0 atom stereocenters. The Labute approximate surface area is 203 Å². The fourth-order valence-corrected chi connectivity index (χ4v) is 3.46. The van der Waals surface area contributed by atoms with Gasteiger partial charge in [-0.1, -0.05) is 50.2 Å². The van der Waals surface area contributed by atoms with Crippen LogP contribution in [-0.4, -0.2) is 31.0 Å². The lowest BCUT2D eigenvalue weighted by Crippen LogP contribution is -2.43. The second kappa shape index (κ2) is 14.3. The van der Waals surface area contributed by atoms with Crippen molar-refractivity contribution < 1.29 is 23.9 Å². The van der Waals surface area contributed by atoms with Crippen LogP contribution in [0.3, 0.4) is 0 Å². The summed E-state index contributed by atoms with van der Waals surface area (Å²) in [4.78, 5) is 35.5. The molecular formula is C25H31BrN2O5. The third-order valence-corrected chi connectivity index (χ3v) is 5.44. The molecule has 33 heavy (non-hydrogen) atoms. The van der Waals surface area contributed by atoms with Crippen LogP contribution in [0.15, 0.2) is 53.0 Å². The average Bonchev–Trinajstić information content (AvgIpc) is 2.80. The van der Waals surface area contributed by atoms with E-state index in [4.69, 9.17) is 9.47 Å². The summed E-state index contributed by atoms with van der Waals surface area (Å²) in [6.45, 7) is 4.30. The van der Waals surface area contributed by atoms with Crippen LogP contribution in [0, 0.1) is 0 Å². The smallest absolute Gasteiger partial charge is 0.305 e. The minimum Gasteiger partial charge on any atom is -0.483 e. The molecule has 2 aromatic carbocycles. The molecule has 178 valence electrons. The van der Waals surface area contributed by atoms with Gasteiger partial charge in [-0.3, -0.25) is 25.2 Å². The van der Waals surface area contributed by atoms with Crippen LogP contribution in [0.4, 0.5) is 0 Å². The Morgan fingerprint density at radius 1 is 0.939 bits per heavy atom. The third kappa shape index (κ3) is 10.5. The first-order chi connectivity index (χ1) is 15.8. The normalized spacial score (nSPS) is 10.5. The number of amides is 2. The first-order valence-corrected chi connectivity index (χ1v) is 11.8. The van der Waals surface area contributed by atoms with Crippen molar-refractivity contribution in [1.82, 2.24) is 10.9 Å². The molecule has 2 aromatic rings. The molecule has 0 unspecified atom stereocenters. The van der Waals surface area contributed by atoms with Crippen molar-refractivity contribution in [2.75, 3.05) is 13.2 Å². The molecule has 0 heterocycles. The van der Waals surface area contributed by atoms with E-state index < -0.39 is 5.91 Å². The average molecular weight is 519 g/mol. The van der Waals surface area contributed by atoms with Crippen LogP contribution >= 0.6 is 15.9 Å². The highest BCUT2D eigenvalue weighted by atomic mass is 79.9. The fraction of sp³-hybridized carbons (Fsp3) is 0.400. The van der Waals surface area contributed by atoms with Crippen molar-refractivity contribution >= 4 is 33.7 Å². The number of nitrogens with one attached hydrogen (secondary N) is 2. The highest BCUT2D eigenvalue weighted by molar-refractivity contribution is 9.10. The zero-order valence-corrected chi connectivity index (χ0v) is 20.7. The SMILES string of the molecule is CC(C)c1ccc(OCC(=O)NNC(=O)CCCC(=O)OCCCc2ccccc2)c(Br)c1. The molecule has 0 radical (unpaired) electrons. The van der Waals surface area contributed by atoms with Gasteiger partial charge in [0.2, 0.25) is 5.91 Å². The summed E-state index contributed by atoms with van der Waals surface area (Å²) in [6, 6.07) is 15.7. The molecule has 0 saturated heterocycles. The molecule has 0 bridgehead atoms. The number of hydrogen-bond donors (Lipinski definition) is 2. The van der Waals surface area contributed by atoms with E-state index in [1.165, 1.54) is 5.56 Å². The molecule has 0 spiro atoms. The first-order valence-electron chi connectivity index (χ1n) is 11.0. The van der Waals surface area contributed by atoms with Crippen LogP contribution in [0.25, 0.3) is 0 Å². The monoisotopic (exact) mass is 518 g/mol. The Hall–Kier alpha value is -2.87. The molecule has 0 aliphatic heterocycles. The number of carbonyl (C=O) groups is 3. The molecule has 2 rings (SSSR count). The second-order valence-corrected chi connectivity index (χ2v) is 8.75. The van der Waals surface area contributed by atoms with Crippen LogP contribution in [0.1, 0.15) is 56.6 Å². The van der Waals surface area contributed by atoms with Gasteiger partial charge >= 0.3 is 5.97 Å². The van der Waals surface area contributed by atoms with Gasteiger partial charge in [0.1, 0.15) is 5.75 Å². The number of benzene rings is 2. The summed E-state index contributed by atoms with van der Waals surface area (Å²) < 4.78 is 11.4. The fourth-order valence-electron chi connectivity index (χ4n) is 2.95. The van der Waals surface area contributed by atoms with Crippen LogP contribution in [-0.2, 0) is 25.5 Å². The van der Waals surface area contributed by atoms with E-state index in [1.54, 1.807) is 6.07 Å². The molecular weight excluding hydrogens is 488 g/mol. The van der Waals surface area contributed by atoms with Crippen molar-refractivity contribution in [3.63, 3.8) is 0 Å². The standard InChI is InChI=1S/C25H31BrN2O5/c1-18(2)20-13-14-22(21(26)16-20)33-17-24(30)28-27-23(29)11-6-12-25(31)32-15-7-10-19-8-4-3-5-9-19/h3-5,8-9,13-14,16,18H,6-7,10-12,15,17H2,1-2H3,(H,27,29)(H,28,30). The van der Waals surface area contributed by atoms with E-state index in [0.29, 0.717) is 24.7 Å². The minimum atomic E-state index is -0.485. The number of carbonyl (C=O) groups excluding carboxylic acids is 3. The zero-order valence-electron chi connectivity index (χ0n) is 19.1. The predicted octanol–water partition coefficient (Wildman–Crippen LogP) is 4.45. The predicted molar refractivity (Wildman–Crippen MR) is 130 cm³/mol. The number of hydrogen-bond acceptors (Lipinski definition) is 5. The van der Waals surface area contributed by atoms with Crippen LogP contribution < -0.4 is 15.6 Å². The lowest BCUT2D eigenvalue weighted by molar-refractivity contribution is -0.144. The molecule has 0 aliphatic carbocycles. The van der Waals surface area contributed by atoms with E-state index in [0.717, 1.165) is 22.9 Å². The number of esters is 1. The quantitative estimate of drug-likeness (QED) is 0.246. The lowest BCUT2D eigenvalue weighted by Gasteiger charge is -2.12. The molecule has 0 fully saturated rings. The summed E-state index contributed by atoms with van der Waals surface area (Å²) in [6.07, 6.45) is 2.19. The summed E-state index contributed by atoms with van der Waals surface area (Å²) in [7, 11) is 0. The van der Waals surface area contributed by atoms with Gasteiger partial charge in [0.05, 0.1) is 11.1 Å². The van der Waals surface area contributed by atoms with Gasteiger partial charge in [-0.15, -0.1) is 0 Å². The van der Waals surface area contributed by atoms with Gasteiger partial charge in [-0.2, -0.15) is 0 Å². The highest BCUT2D eigenvalue weighted by Gasteiger charge is 2.10. The molecule has 2 N–H and O–H groups in total. The van der Waals surface area contributed by atoms with Gasteiger partial charge in [-0.25, -0.2) is 0 Å². The van der Waals surface area contributed by atoms with Crippen molar-refractivity contribution in [3.8, 4) is 5.75 Å². The third-order valence-electron chi connectivity index (χ3n) is 4.82. The van der Waals surface area contributed by atoms with Gasteiger partial charge in [-0.05, 0) is 64.4 Å². The summed E-state index contributed by atoms with van der Waals surface area (Å²) in [5.74, 6) is -0.274. The molecule has 0 saturated carbocycles. The Morgan fingerprint density at radius 2 is 1.67 bits per heavy atom. The first kappa shape index (κ1) is 26.4. The van der Waals surface area contributed by atoms with Gasteiger partial charge in [0.15, 0.2) is 6.61 Å². The number of hydrazine groups is 1. The summed E-state index contributed by atoms with van der Waals surface area (Å²) >= 11 is 3.43. The summed E-state index contributed by atoms with van der Waals surface area (Å²) in [5.41, 5.74) is 6.98. The summed E-state index contributed by atoms with van der Waals surface area (Å²) in [5, 5.41) is 0. The van der Waals surface area contributed by atoms with Crippen LogP contribution in [0.5, 0.6) is 5.75 Å². The van der Waals surface area contributed by atoms with Gasteiger partial charge in [0.25, 0.3) is 5.91 Å². The van der Waals surface area contributed by atoms with E-state index in [9.17, 15) is 14.4 Å². The van der Waals surface area contributed by atoms with E-state index in [-0.39, 0.29) is 31.3 Å². The molecule has 7 nitrogen and oxygen atoms in total. The lowest BCUT2D eigenvalue weighted by atomic mass is 10.0. The minimum absolute atomic E-state index is 0.0997. The van der Waals surface area contributed by atoms with Crippen LogP contribution in [0.2, 0.25) is 0 Å². The maximum absolute atomic E-state index is 11.9. The number of aryl methyl sites for hydroxylation is 1. The van der Waals surface area contributed by atoms with Crippen molar-refractivity contribution in [3.05, 3.63) is 64.1 Å². The Morgan fingerprint density at radius 3 is 2.36 bits per heavy atom. The Balaban J connectivity index is 1.53. The maximum Gasteiger partial charge on any atom is 0.305 e. The van der Waals surface area contributed by atoms with E-state index in [1.807, 2.05) is 42.5 Å².